The Balaban J connectivity index is 1.75. The van der Waals surface area contributed by atoms with Gasteiger partial charge in [0.2, 0.25) is 5.95 Å². The molecular weight excluding hydrogens is 276 g/mol. The van der Waals surface area contributed by atoms with Gasteiger partial charge >= 0.3 is 0 Å². The van der Waals surface area contributed by atoms with Crippen molar-refractivity contribution >= 4 is 5.95 Å². The van der Waals surface area contributed by atoms with Crippen molar-refractivity contribution in [1.29, 1.82) is 0 Å². The maximum Gasteiger partial charge on any atom is 0.222 e. The number of hydrogen-bond acceptors (Lipinski definition) is 5. The van der Waals surface area contributed by atoms with Gasteiger partial charge in [0, 0.05) is 35.1 Å². The third kappa shape index (κ3) is 2.95. The summed E-state index contributed by atoms with van der Waals surface area (Å²) in [5, 5.41) is 3.37. The van der Waals surface area contributed by atoms with Gasteiger partial charge in [-0.25, -0.2) is 9.97 Å². The SMILES string of the molecule is CCC(C)(CNc1ncc2c(n1)COC2)c1cccc(C)n1. The minimum absolute atomic E-state index is 0.0507. The molecule has 5 heteroatoms. The Morgan fingerprint density at radius 3 is 2.91 bits per heavy atom. The van der Waals surface area contributed by atoms with Gasteiger partial charge in [-0.05, 0) is 25.5 Å². The van der Waals surface area contributed by atoms with Gasteiger partial charge in [0.25, 0.3) is 0 Å². The van der Waals surface area contributed by atoms with Crippen LogP contribution in [0.5, 0.6) is 0 Å². The summed E-state index contributed by atoms with van der Waals surface area (Å²) in [6.45, 7) is 8.38. The average molecular weight is 298 g/mol. The Morgan fingerprint density at radius 1 is 1.27 bits per heavy atom. The first-order valence-electron chi connectivity index (χ1n) is 7.71. The van der Waals surface area contributed by atoms with Crippen molar-refractivity contribution in [1.82, 2.24) is 15.0 Å². The van der Waals surface area contributed by atoms with Crippen LogP contribution in [0.3, 0.4) is 0 Å². The lowest BCUT2D eigenvalue weighted by atomic mass is 9.83. The fourth-order valence-corrected chi connectivity index (χ4v) is 2.58. The van der Waals surface area contributed by atoms with E-state index < -0.39 is 0 Å². The average Bonchev–Trinajstić information content (AvgIpc) is 3.00. The lowest BCUT2D eigenvalue weighted by molar-refractivity contribution is 0.133. The number of ether oxygens (including phenoxy) is 1. The molecule has 1 aliphatic rings. The van der Waals surface area contributed by atoms with E-state index in [1.807, 2.05) is 19.2 Å². The summed E-state index contributed by atoms with van der Waals surface area (Å²) in [6, 6.07) is 6.18. The van der Waals surface area contributed by atoms with Crippen molar-refractivity contribution in [3.8, 4) is 0 Å². The maximum absolute atomic E-state index is 5.38. The van der Waals surface area contributed by atoms with E-state index in [4.69, 9.17) is 4.74 Å². The quantitative estimate of drug-likeness (QED) is 0.919. The van der Waals surface area contributed by atoms with Crippen LogP contribution >= 0.6 is 0 Å². The number of fused-ring (bicyclic) bond motifs is 1. The highest BCUT2D eigenvalue weighted by Crippen LogP contribution is 2.26. The van der Waals surface area contributed by atoms with E-state index in [0.29, 0.717) is 19.2 Å². The fraction of sp³-hybridized carbons (Fsp3) is 0.471. The predicted molar refractivity (Wildman–Crippen MR) is 85.6 cm³/mol. The molecule has 0 aliphatic carbocycles. The summed E-state index contributed by atoms with van der Waals surface area (Å²) < 4.78 is 5.38. The minimum Gasteiger partial charge on any atom is -0.370 e. The highest BCUT2D eigenvalue weighted by Gasteiger charge is 2.26. The molecule has 0 saturated carbocycles. The molecule has 0 fully saturated rings. The second-order valence-electron chi connectivity index (χ2n) is 6.09. The zero-order chi connectivity index (χ0) is 15.6. The van der Waals surface area contributed by atoms with Crippen molar-refractivity contribution in [2.75, 3.05) is 11.9 Å². The second kappa shape index (κ2) is 6.01. The van der Waals surface area contributed by atoms with E-state index in [0.717, 1.165) is 35.6 Å². The number of aromatic nitrogens is 3. The second-order valence-corrected chi connectivity index (χ2v) is 6.09. The molecule has 116 valence electrons. The maximum atomic E-state index is 5.38. The van der Waals surface area contributed by atoms with Gasteiger partial charge in [-0.2, -0.15) is 0 Å². The molecule has 1 N–H and O–H groups in total. The summed E-state index contributed by atoms with van der Waals surface area (Å²) >= 11 is 0. The summed E-state index contributed by atoms with van der Waals surface area (Å²) in [5.41, 5.74) is 4.17. The molecule has 1 atom stereocenters. The van der Waals surface area contributed by atoms with Gasteiger partial charge in [0.05, 0.1) is 18.9 Å². The van der Waals surface area contributed by atoms with Crippen LogP contribution in [0, 0.1) is 6.92 Å². The third-order valence-corrected chi connectivity index (χ3v) is 4.37. The molecule has 2 aromatic rings. The predicted octanol–water partition coefficient (Wildman–Crippen LogP) is 2.99. The zero-order valence-electron chi connectivity index (χ0n) is 13.4. The van der Waals surface area contributed by atoms with Crippen LogP contribution in [-0.2, 0) is 23.4 Å². The Bertz CT molecular complexity index is 673. The molecule has 0 spiro atoms. The van der Waals surface area contributed by atoms with E-state index in [9.17, 15) is 0 Å². The van der Waals surface area contributed by atoms with Crippen LogP contribution in [0.25, 0.3) is 0 Å². The van der Waals surface area contributed by atoms with E-state index in [1.54, 1.807) is 0 Å². The summed E-state index contributed by atoms with van der Waals surface area (Å²) in [5.74, 6) is 0.663. The number of rotatable bonds is 5. The monoisotopic (exact) mass is 298 g/mol. The molecule has 22 heavy (non-hydrogen) atoms. The Morgan fingerprint density at radius 2 is 2.14 bits per heavy atom. The zero-order valence-corrected chi connectivity index (χ0v) is 13.4. The van der Waals surface area contributed by atoms with E-state index in [-0.39, 0.29) is 5.41 Å². The van der Waals surface area contributed by atoms with Crippen molar-refractivity contribution in [3.05, 3.63) is 47.0 Å². The molecule has 0 bridgehead atoms. The Hall–Kier alpha value is -2.01. The van der Waals surface area contributed by atoms with Gasteiger partial charge < -0.3 is 10.1 Å². The Kier molecular flexibility index (Phi) is 4.07. The largest absolute Gasteiger partial charge is 0.370 e. The first-order valence-corrected chi connectivity index (χ1v) is 7.71. The molecule has 2 aromatic heterocycles. The summed E-state index contributed by atoms with van der Waals surface area (Å²) in [6.07, 6.45) is 2.84. The molecule has 1 unspecified atom stereocenters. The molecular formula is C17H22N4O. The number of hydrogen-bond donors (Lipinski definition) is 1. The molecule has 0 amide bonds. The van der Waals surface area contributed by atoms with Crippen LogP contribution in [0.15, 0.2) is 24.4 Å². The van der Waals surface area contributed by atoms with Gasteiger partial charge in [-0.3, -0.25) is 4.98 Å². The number of pyridine rings is 1. The smallest absolute Gasteiger partial charge is 0.222 e. The molecule has 3 rings (SSSR count). The number of nitrogens with one attached hydrogen (secondary N) is 1. The van der Waals surface area contributed by atoms with Crippen molar-refractivity contribution in [2.24, 2.45) is 0 Å². The molecule has 3 heterocycles. The molecule has 0 saturated heterocycles. The lowest BCUT2D eigenvalue weighted by Crippen LogP contribution is -2.32. The highest BCUT2D eigenvalue weighted by atomic mass is 16.5. The number of aryl methyl sites for hydroxylation is 1. The normalized spacial score (nSPS) is 16.1. The van der Waals surface area contributed by atoms with Crippen LogP contribution in [-0.4, -0.2) is 21.5 Å². The van der Waals surface area contributed by atoms with Crippen molar-refractivity contribution < 1.29 is 4.74 Å². The molecule has 5 nitrogen and oxygen atoms in total. The number of nitrogens with zero attached hydrogens (tertiary/aromatic N) is 3. The van der Waals surface area contributed by atoms with Crippen molar-refractivity contribution in [2.45, 2.75) is 45.8 Å². The van der Waals surface area contributed by atoms with Crippen LogP contribution in [0.4, 0.5) is 5.95 Å². The van der Waals surface area contributed by atoms with Crippen LogP contribution in [0.1, 0.15) is 42.9 Å². The Labute approximate surface area is 131 Å². The third-order valence-electron chi connectivity index (χ3n) is 4.37. The summed E-state index contributed by atoms with van der Waals surface area (Å²) in [4.78, 5) is 13.6. The molecule has 0 aromatic carbocycles. The van der Waals surface area contributed by atoms with Gasteiger partial charge in [-0.15, -0.1) is 0 Å². The van der Waals surface area contributed by atoms with Crippen molar-refractivity contribution in [3.63, 3.8) is 0 Å². The van der Waals surface area contributed by atoms with E-state index in [1.165, 1.54) is 0 Å². The van der Waals surface area contributed by atoms with E-state index in [2.05, 4.69) is 46.2 Å². The standard InChI is InChI=1S/C17H22N4O/c1-4-17(3,15-7-5-6-12(2)20-15)11-19-16-18-8-13-9-22-10-14(13)21-16/h5-8H,4,9-11H2,1-3H3,(H,18,19,21). The molecule has 0 radical (unpaired) electrons. The first-order chi connectivity index (χ1) is 10.6. The van der Waals surface area contributed by atoms with Gasteiger partial charge in [0.1, 0.15) is 0 Å². The molecule has 1 aliphatic heterocycles. The lowest BCUT2D eigenvalue weighted by Gasteiger charge is -2.28. The highest BCUT2D eigenvalue weighted by molar-refractivity contribution is 5.32. The van der Waals surface area contributed by atoms with Crippen LogP contribution in [0.2, 0.25) is 0 Å². The van der Waals surface area contributed by atoms with E-state index >= 15 is 0 Å². The first kappa shape index (κ1) is 14.9. The van der Waals surface area contributed by atoms with Gasteiger partial charge in [0.15, 0.2) is 0 Å². The minimum atomic E-state index is -0.0507. The van der Waals surface area contributed by atoms with Gasteiger partial charge in [-0.1, -0.05) is 19.9 Å². The van der Waals surface area contributed by atoms with Crippen LogP contribution < -0.4 is 5.32 Å². The summed E-state index contributed by atoms with van der Waals surface area (Å²) in [7, 11) is 0. The number of anilines is 1. The topological polar surface area (TPSA) is 59.9 Å². The fourth-order valence-electron chi connectivity index (χ4n) is 2.58.